The number of halogens is 3. The van der Waals surface area contributed by atoms with Gasteiger partial charge in [-0.15, -0.1) is 0 Å². The molecule has 0 spiro atoms. The van der Waals surface area contributed by atoms with E-state index in [0.29, 0.717) is 16.1 Å². The van der Waals surface area contributed by atoms with Crippen LogP contribution >= 0.6 is 23.2 Å². The first-order valence-corrected chi connectivity index (χ1v) is 6.85. The maximum atomic E-state index is 13.9. The van der Waals surface area contributed by atoms with E-state index < -0.39 is 17.5 Å². The summed E-state index contributed by atoms with van der Waals surface area (Å²) in [7, 11) is 0. The van der Waals surface area contributed by atoms with Crippen molar-refractivity contribution >= 4 is 29.0 Å². The molecule has 0 aliphatic carbocycles. The zero-order valence-corrected chi connectivity index (χ0v) is 12.5. The molecule has 2 rings (SSSR count). The van der Waals surface area contributed by atoms with Gasteiger partial charge in [0.25, 0.3) is 0 Å². The van der Waals surface area contributed by atoms with Crippen LogP contribution in [0.1, 0.15) is 27.4 Å². The lowest BCUT2D eigenvalue weighted by Gasteiger charge is -2.12. The number of carbonyl (C=O) groups is 1. The summed E-state index contributed by atoms with van der Waals surface area (Å²) in [6.07, 6.45) is 0. The zero-order chi connectivity index (χ0) is 15.6. The van der Waals surface area contributed by atoms with Crippen LogP contribution in [0, 0.1) is 24.1 Å². The summed E-state index contributed by atoms with van der Waals surface area (Å²) in [6.45, 7) is 1.75. The zero-order valence-electron chi connectivity index (χ0n) is 11.0. The Labute approximate surface area is 131 Å². The molecule has 0 aliphatic heterocycles. The van der Waals surface area contributed by atoms with Gasteiger partial charge >= 0.3 is 0 Å². The molecule has 2 aromatic rings. The quantitative estimate of drug-likeness (QED) is 0.752. The molecule has 2 aromatic carbocycles. The summed E-state index contributed by atoms with van der Waals surface area (Å²) >= 11 is 11.8. The summed E-state index contributed by atoms with van der Waals surface area (Å²) < 4.78 is 13.9. The Kier molecular flexibility index (Phi) is 4.62. The van der Waals surface area contributed by atoms with Crippen molar-refractivity contribution in [2.24, 2.45) is 0 Å². The number of Topliss-reactive ketones (excluding diaryl/α,β-unsaturated/α-hetero) is 1. The Morgan fingerprint density at radius 1 is 1.24 bits per heavy atom. The van der Waals surface area contributed by atoms with E-state index in [1.165, 1.54) is 24.3 Å². The smallest absolute Gasteiger partial charge is 0.184 e. The van der Waals surface area contributed by atoms with E-state index in [9.17, 15) is 14.4 Å². The van der Waals surface area contributed by atoms with Gasteiger partial charge in [-0.05, 0) is 42.8 Å². The van der Waals surface area contributed by atoms with Crippen LogP contribution < -0.4 is 0 Å². The molecule has 0 bridgehead atoms. The van der Waals surface area contributed by atoms with Crippen LogP contribution in [0.5, 0.6) is 0 Å². The third-order valence-corrected chi connectivity index (χ3v) is 3.88. The molecule has 0 heterocycles. The van der Waals surface area contributed by atoms with E-state index in [0.717, 1.165) is 0 Å². The number of aryl methyl sites for hydroxylation is 1. The lowest BCUT2D eigenvalue weighted by Crippen LogP contribution is -2.13. The van der Waals surface area contributed by atoms with Crippen molar-refractivity contribution in [3.05, 3.63) is 69.0 Å². The highest BCUT2D eigenvalue weighted by Crippen LogP contribution is 2.30. The fourth-order valence-electron chi connectivity index (χ4n) is 2.01. The van der Waals surface area contributed by atoms with Crippen molar-refractivity contribution in [2.45, 2.75) is 12.8 Å². The molecule has 0 N–H and O–H groups in total. The van der Waals surface area contributed by atoms with E-state index in [2.05, 4.69) is 0 Å². The first-order valence-electron chi connectivity index (χ1n) is 6.09. The van der Waals surface area contributed by atoms with Gasteiger partial charge in [-0.1, -0.05) is 29.3 Å². The van der Waals surface area contributed by atoms with E-state index in [-0.39, 0.29) is 10.6 Å². The maximum Gasteiger partial charge on any atom is 0.184 e. The highest BCUT2D eigenvalue weighted by Gasteiger charge is 2.27. The second kappa shape index (κ2) is 6.26. The van der Waals surface area contributed by atoms with Crippen LogP contribution in [-0.4, -0.2) is 5.78 Å². The molecule has 0 saturated carbocycles. The Bertz CT molecular complexity index is 732. The minimum atomic E-state index is -1.29. The lowest BCUT2D eigenvalue weighted by atomic mass is 9.91. The third kappa shape index (κ3) is 3.07. The molecule has 21 heavy (non-hydrogen) atoms. The average molecular weight is 322 g/mol. The molecular weight excluding hydrogens is 312 g/mol. The highest BCUT2D eigenvalue weighted by molar-refractivity contribution is 6.32. The van der Waals surface area contributed by atoms with Crippen molar-refractivity contribution in [1.29, 1.82) is 5.26 Å². The first-order chi connectivity index (χ1) is 9.95. The minimum absolute atomic E-state index is 0.0561. The first kappa shape index (κ1) is 15.5. The third-order valence-electron chi connectivity index (χ3n) is 3.12. The molecule has 106 valence electrons. The molecule has 0 amide bonds. The molecule has 0 aromatic heterocycles. The molecule has 0 fully saturated rings. The molecule has 5 heteroatoms. The predicted molar refractivity (Wildman–Crippen MR) is 80.3 cm³/mol. The normalized spacial score (nSPS) is 11.8. The van der Waals surface area contributed by atoms with Gasteiger partial charge in [0.2, 0.25) is 0 Å². The number of ketones is 1. The number of benzene rings is 2. The van der Waals surface area contributed by atoms with Gasteiger partial charge in [0.05, 0.1) is 6.07 Å². The topological polar surface area (TPSA) is 40.9 Å². The van der Waals surface area contributed by atoms with Gasteiger partial charge in [0.15, 0.2) is 5.78 Å². The number of nitriles is 1. The van der Waals surface area contributed by atoms with E-state index in [1.54, 1.807) is 19.1 Å². The highest BCUT2D eigenvalue weighted by atomic mass is 35.5. The summed E-state index contributed by atoms with van der Waals surface area (Å²) in [5, 5.41) is 9.84. The number of rotatable bonds is 3. The van der Waals surface area contributed by atoms with Gasteiger partial charge < -0.3 is 0 Å². The average Bonchev–Trinajstić information content (AvgIpc) is 2.45. The second-order valence-electron chi connectivity index (χ2n) is 4.53. The number of hydrogen-bond donors (Lipinski definition) is 0. The molecule has 1 unspecified atom stereocenters. The molecular formula is C16H10Cl2FNO. The number of hydrogen-bond acceptors (Lipinski definition) is 2. The van der Waals surface area contributed by atoms with Crippen LogP contribution in [0.15, 0.2) is 36.4 Å². The number of carbonyl (C=O) groups excluding carboxylic acids is 1. The monoisotopic (exact) mass is 321 g/mol. The minimum Gasteiger partial charge on any atom is -0.292 e. The van der Waals surface area contributed by atoms with Crippen LogP contribution in [0.3, 0.4) is 0 Å². The Hall–Kier alpha value is -1.89. The molecule has 2 nitrogen and oxygen atoms in total. The van der Waals surface area contributed by atoms with Crippen LogP contribution in [0.25, 0.3) is 0 Å². The van der Waals surface area contributed by atoms with Gasteiger partial charge in [0, 0.05) is 21.2 Å². The van der Waals surface area contributed by atoms with Gasteiger partial charge in [-0.2, -0.15) is 5.26 Å². The molecule has 1 atom stereocenters. The summed E-state index contributed by atoms with van der Waals surface area (Å²) in [4.78, 5) is 12.5. The summed E-state index contributed by atoms with van der Waals surface area (Å²) in [5.41, 5.74) is 0.904. The lowest BCUT2D eigenvalue weighted by molar-refractivity contribution is 0.0977. The Morgan fingerprint density at radius 3 is 2.52 bits per heavy atom. The molecule has 0 radical (unpaired) electrons. The van der Waals surface area contributed by atoms with Crippen molar-refractivity contribution < 1.29 is 9.18 Å². The maximum absolute atomic E-state index is 13.9. The van der Waals surface area contributed by atoms with Gasteiger partial charge in [0.1, 0.15) is 11.7 Å². The molecule has 0 saturated heterocycles. The fourth-order valence-corrected chi connectivity index (χ4v) is 2.40. The van der Waals surface area contributed by atoms with Crippen molar-refractivity contribution in [3.63, 3.8) is 0 Å². The van der Waals surface area contributed by atoms with Crippen molar-refractivity contribution in [2.75, 3.05) is 0 Å². The van der Waals surface area contributed by atoms with E-state index in [1.807, 2.05) is 6.07 Å². The van der Waals surface area contributed by atoms with Crippen LogP contribution in [-0.2, 0) is 0 Å². The summed E-state index contributed by atoms with van der Waals surface area (Å²) in [6, 6.07) is 10.5. The van der Waals surface area contributed by atoms with Crippen molar-refractivity contribution in [1.82, 2.24) is 0 Å². The molecule has 0 aliphatic rings. The second-order valence-corrected chi connectivity index (χ2v) is 5.34. The largest absolute Gasteiger partial charge is 0.292 e. The van der Waals surface area contributed by atoms with E-state index in [4.69, 9.17) is 23.2 Å². The standard InChI is InChI=1S/C16H10Cl2FNO/c1-9-7-10(5-6-12(9)17)16(21)11(8-20)15-13(18)3-2-4-14(15)19/h2-7,11H,1H3. The van der Waals surface area contributed by atoms with Crippen LogP contribution in [0.2, 0.25) is 10.0 Å². The van der Waals surface area contributed by atoms with E-state index >= 15 is 0 Å². The van der Waals surface area contributed by atoms with Gasteiger partial charge in [-0.25, -0.2) is 4.39 Å². The van der Waals surface area contributed by atoms with Gasteiger partial charge in [-0.3, -0.25) is 4.79 Å². The SMILES string of the molecule is Cc1cc(C(=O)C(C#N)c2c(F)cccc2Cl)ccc1Cl. The predicted octanol–water partition coefficient (Wildman–Crippen LogP) is 4.93. The summed E-state index contributed by atoms with van der Waals surface area (Å²) in [5.74, 6) is -2.48. The Balaban J connectivity index is 2.49. The van der Waals surface area contributed by atoms with Crippen LogP contribution in [0.4, 0.5) is 4.39 Å². The Morgan fingerprint density at radius 2 is 1.95 bits per heavy atom. The fraction of sp³-hybridized carbons (Fsp3) is 0.125. The van der Waals surface area contributed by atoms with Crippen molar-refractivity contribution in [3.8, 4) is 6.07 Å². The number of nitrogens with zero attached hydrogens (tertiary/aromatic N) is 1.